The van der Waals surface area contributed by atoms with E-state index < -0.39 is 71.5 Å². The van der Waals surface area contributed by atoms with Gasteiger partial charge in [-0.05, 0) is 94.0 Å². The molecule has 0 radical (unpaired) electrons. The summed E-state index contributed by atoms with van der Waals surface area (Å²) in [6, 6.07) is 30.0. The minimum Gasteiger partial charge on any atom is -0.469 e. The second kappa shape index (κ2) is 27.4. The number of esters is 2. The molecule has 0 aliphatic carbocycles. The lowest BCUT2D eigenvalue weighted by atomic mass is 10.0. The van der Waals surface area contributed by atoms with Gasteiger partial charge in [-0.3, -0.25) is 34.2 Å². The van der Waals surface area contributed by atoms with Crippen molar-refractivity contribution in [1.82, 2.24) is 25.8 Å². The molecule has 4 aromatic rings. The van der Waals surface area contributed by atoms with Gasteiger partial charge in [0.2, 0.25) is 23.6 Å². The van der Waals surface area contributed by atoms with E-state index in [0.29, 0.717) is 30.5 Å². The van der Waals surface area contributed by atoms with E-state index in [-0.39, 0.29) is 63.1 Å². The van der Waals surface area contributed by atoms with Crippen LogP contribution in [0.2, 0.25) is 0 Å². The van der Waals surface area contributed by atoms with Crippen molar-refractivity contribution in [3.05, 3.63) is 143 Å². The van der Waals surface area contributed by atoms with E-state index in [0.717, 1.165) is 27.8 Å². The highest BCUT2D eigenvalue weighted by Crippen LogP contribution is 2.28. The molecule has 75 heavy (non-hydrogen) atoms. The van der Waals surface area contributed by atoms with Crippen molar-refractivity contribution in [2.24, 2.45) is 23.3 Å². The first-order chi connectivity index (χ1) is 35.7. The molecule has 0 saturated carbocycles. The third-order valence-corrected chi connectivity index (χ3v) is 12.9. The van der Waals surface area contributed by atoms with E-state index in [2.05, 4.69) is 16.0 Å². The van der Waals surface area contributed by atoms with Gasteiger partial charge in [0.15, 0.2) is 0 Å². The maximum Gasteiger partial charge on any atom is 0.408 e. The van der Waals surface area contributed by atoms with Crippen LogP contribution in [0.25, 0.3) is 0 Å². The Morgan fingerprint density at radius 3 is 1.47 bits per heavy atom. The number of nitrogens with one attached hydrogen (secondary N) is 5. The van der Waals surface area contributed by atoms with Crippen LogP contribution in [-0.4, -0.2) is 120 Å². The molecule has 2 heterocycles. The van der Waals surface area contributed by atoms with Crippen LogP contribution < -0.4 is 27.4 Å². The Kier molecular flexibility index (Phi) is 21.2. The number of ether oxygens (including phenoxy) is 3. The predicted molar refractivity (Wildman–Crippen MR) is 282 cm³/mol. The lowest BCUT2D eigenvalue weighted by molar-refractivity contribution is -0.146. The maximum atomic E-state index is 13.9. The van der Waals surface area contributed by atoms with E-state index in [9.17, 15) is 33.6 Å². The molecule has 6 atom stereocenters. The van der Waals surface area contributed by atoms with Crippen LogP contribution in [0, 0.1) is 22.7 Å². The molecule has 9 N–H and O–H groups in total. The standard InChI is InChI=1S/C31H40N4O6.C25H31N5O4/c1-20(32)23-14-11-22(12-15-23)18-33-27(36)26-17-24(29(38)40-5)19-35(26)28(37)25(34-30(39)41-31(2,3)4)16-13-21-9-7-6-8-10-21;1-34-25(33)19-13-21(23(31)29-14-17-7-10-18(11-8-17)22(27)28)30(15-19)24(32)20(26)12-9-16-5-3-2-4-6-16/h6-12,14-15,24-26,32H,13,16-19H2,1-5H3,(H,33,36)(H,34,39);2-8,10-11,19-21H,9,12-15,26H2,1H3,(H3,27,28)(H,29,31)/t24-,25-,26+;19-,20-,21+/m11/s1. The first-order valence-corrected chi connectivity index (χ1v) is 24.9. The number of hydrogen-bond acceptors (Lipinski definition) is 13. The molecule has 2 aliphatic heterocycles. The second-order valence-electron chi connectivity index (χ2n) is 19.6. The summed E-state index contributed by atoms with van der Waals surface area (Å²) in [7, 11) is 2.56. The fourth-order valence-electron chi connectivity index (χ4n) is 8.79. The second-order valence-corrected chi connectivity index (χ2v) is 19.6. The van der Waals surface area contributed by atoms with E-state index in [1.807, 2.05) is 84.9 Å². The Morgan fingerprint density at radius 2 is 1.05 bits per heavy atom. The van der Waals surface area contributed by atoms with E-state index in [1.165, 1.54) is 24.0 Å². The molecule has 0 unspecified atom stereocenters. The highest BCUT2D eigenvalue weighted by atomic mass is 16.6. The zero-order valence-corrected chi connectivity index (χ0v) is 43.6. The average Bonchev–Trinajstić information content (AvgIpc) is 4.07. The van der Waals surface area contributed by atoms with Gasteiger partial charge in [-0.2, -0.15) is 0 Å². The van der Waals surface area contributed by atoms with Crippen LogP contribution in [0.5, 0.6) is 0 Å². The van der Waals surface area contributed by atoms with E-state index in [1.54, 1.807) is 52.0 Å². The zero-order valence-electron chi connectivity index (χ0n) is 43.6. The van der Waals surface area contributed by atoms with Gasteiger partial charge in [-0.25, -0.2) is 4.79 Å². The Hall–Kier alpha value is -7.93. The minimum atomic E-state index is -0.978. The third kappa shape index (κ3) is 17.3. The van der Waals surface area contributed by atoms with Crippen LogP contribution in [0.3, 0.4) is 0 Å². The monoisotopic (exact) mass is 1030 g/mol. The normalized spacial score (nSPS) is 17.7. The van der Waals surface area contributed by atoms with Crippen molar-refractivity contribution in [3.63, 3.8) is 0 Å². The number of carbonyl (C=O) groups excluding carboxylic acids is 7. The summed E-state index contributed by atoms with van der Waals surface area (Å²) in [5.74, 6) is -3.83. The van der Waals surface area contributed by atoms with Gasteiger partial charge in [-0.1, -0.05) is 109 Å². The Morgan fingerprint density at radius 1 is 0.627 bits per heavy atom. The quantitative estimate of drug-likeness (QED) is 0.0295. The van der Waals surface area contributed by atoms with Gasteiger partial charge in [0.1, 0.15) is 29.6 Å². The Balaban J connectivity index is 0.000000282. The topological polar surface area (TPSA) is 289 Å². The predicted octanol–water partition coefficient (Wildman–Crippen LogP) is 4.54. The smallest absolute Gasteiger partial charge is 0.408 e. The summed E-state index contributed by atoms with van der Waals surface area (Å²) >= 11 is 0. The zero-order chi connectivity index (χ0) is 54.8. The van der Waals surface area contributed by atoms with Crippen LogP contribution in [0.4, 0.5) is 4.79 Å². The molecule has 2 fully saturated rings. The number of carbonyl (C=O) groups is 7. The van der Waals surface area contributed by atoms with Crippen LogP contribution in [-0.2, 0) is 68.9 Å². The SMILES string of the molecule is COC(=O)[C@@H]1C[C@@H](C(=O)NCc2ccc(C(=N)N)cc2)N(C(=O)[C@H](N)CCc2ccccc2)C1.COC(=O)[C@@H]1C[C@@H](C(=O)NCc2ccc(C(C)=N)cc2)N(C(=O)[C@@H](CCc2ccccc2)NC(=O)OC(C)(C)C)C1. The molecule has 0 spiro atoms. The number of amidine groups is 1. The van der Waals surface area contributed by atoms with Crippen molar-refractivity contribution in [2.45, 2.75) is 109 Å². The van der Waals surface area contributed by atoms with E-state index in [4.69, 9.17) is 36.5 Å². The van der Waals surface area contributed by atoms with E-state index >= 15 is 0 Å². The van der Waals surface area contributed by atoms with Gasteiger partial charge < -0.3 is 56.8 Å². The van der Waals surface area contributed by atoms with Gasteiger partial charge in [0, 0.05) is 37.5 Å². The molecule has 6 rings (SSSR count). The van der Waals surface area contributed by atoms with Crippen molar-refractivity contribution in [2.75, 3.05) is 27.3 Å². The first-order valence-electron chi connectivity index (χ1n) is 24.9. The summed E-state index contributed by atoms with van der Waals surface area (Å²) in [5, 5.41) is 23.6. The highest BCUT2D eigenvalue weighted by Gasteiger charge is 2.46. The highest BCUT2D eigenvalue weighted by molar-refractivity contribution is 5.97. The van der Waals surface area contributed by atoms with Crippen molar-refractivity contribution in [3.8, 4) is 0 Å². The molecule has 19 nitrogen and oxygen atoms in total. The fraction of sp³-hybridized carbons (Fsp3) is 0.411. The molecular formula is C56H71N9O10. The van der Waals surface area contributed by atoms with Gasteiger partial charge in [0.25, 0.3) is 0 Å². The minimum absolute atomic E-state index is 0.00522. The van der Waals surface area contributed by atoms with Crippen LogP contribution in [0.15, 0.2) is 109 Å². The van der Waals surface area contributed by atoms with Crippen LogP contribution >= 0.6 is 0 Å². The van der Waals surface area contributed by atoms with Gasteiger partial charge in [0.05, 0.1) is 32.1 Å². The van der Waals surface area contributed by atoms with Crippen molar-refractivity contribution < 1.29 is 47.8 Å². The number of hydrogen-bond donors (Lipinski definition) is 7. The number of likely N-dealkylation sites (tertiary alicyclic amines) is 2. The molecule has 4 aromatic carbocycles. The molecule has 2 saturated heterocycles. The number of amides is 5. The Bertz CT molecular complexity index is 2630. The summed E-state index contributed by atoms with van der Waals surface area (Å²) in [6.07, 6.45) is 1.39. The number of rotatable bonds is 19. The van der Waals surface area contributed by atoms with Gasteiger partial charge >= 0.3 is 18.0 Å². The number of methoxy groups -OCH3 is 2. The number of benzene rings is 4. The summed E-state index contributed by atoms with van der Waals surface area (Å²) in [4.78, 5) is 93.5. The maximum absolute atomic E-state index is 13.9. The molecule has 5 amide bonds. The summed E-state index contributed by atoms with van der Waals surface area (Å²) in [6.45, 7) is 7.43. The Labute approximate surface area is 438 Å². The van der Waals surface area contributed by atoms with Crippen molar-refractivity contribution >= 4 is 53.2 Å². The number of nitrogens with zero attached hydrogens (tertiary/aromatic N) is 2. The lowest BCUT2D eigenvalue weighted by Gasteiger charge is -2.29. The number of nitrogens with two attached hydrogens (primary N) is 2. The summed E-state index contributed by atoms with van der Waals surface area (Å²) in [5.41, 5.74) is 16.4. The third-order valence-electron chi connectivity index (χ3n) is 12.9. The average molecular weight is 1030 g/mol. The molecular weight excluding hydrogens is 959 g/mol. The molecule has 0 aromatic heterocycles. The van der Waals surface area contributed by atoms with Crippen molar-refractivity contribution in [1.29, 1.82) is 10.8 Å². The largest absolute Gasteiger partial charge is 0.469 e. The molecule has 0 bridgehead atoms. The number of nitrogen functional groups attached to an aromatic ring is 1. The number of alkyl carbamates (subject to hydrolysis) is 1. The lowest BCUT2D eigenvalue weighted by Crippen LogP contribution is -2.54. The molecule has 400 valence electrons. The molecule has 19 heteroatoms. The molecule has 2 aliphatic rings. The number of aryl methyl sites for hydroxylation is 2. The summed E-state index contributed by atoms with van der Waals surface area (Å²) < 4.78 is 15.2. The fourth-order valence-corrected chi connectivity index (χ4v) is 8.79. The van der Waals surface area contributed by atoms with Gasteiger partial charge in [-0.15, -0.1) is 0 Å². The van der Waals surface area contributed by atoms with Crippen LogP contribution in [0.1, 0.15) is 86.8 Å². The first kappa shape index (κ1) is 58.0.